The van der Waals surface area contributed by atoms with E-state index >= 15 is 0 Å². The van der Waals surface area contributed by atoms with Crippen molar-refractivity contribution in [3.63, 3.8) is 0 Å². The smallest absolute Gasteiger partial charge is 0.278 e. The van der Waals surface area contributed by atoms with Crippen molar-refractivity contribution < 1.29 is 19.1 Å². The zero-order valence-electron chi connectivity index (χ0n) is 17.1. The molecule has 6 nitrogen and oxygen atoms in total. The van der Waals surface area contributed by atoms with Crippen LogP contribution in [0, 0.1) is 0 Å². The van der Waals surface area contributed by atoms with Crippen molar-refractivity contribution in [1.82, 2.24) is 4.90 Å². The molecule has 0 aliphatic carbocycles. The maximum Gasteiger partial charge on any atom is 0.278 e. The zero-order valence-corrected chi connectivity index (χ0v) is 17.1. The largest absolute Gasteiger partial charge is 0.494 e. The van der Waals surface area contributed by atoms with Crippen molar-refractivity contribution in [1.29, 1.82) is 0 Å². The van der Waals surface area contributed by atoms with E-state index in [2.05, 4.69) is 0 Å². The Morgan fingerprint density at radius 3 is 2.24 bits per heavy atom. The quantitative estimate of drug-likeness (QED) is 0.611. The Balaban J connectivity index is 2.02. The normalized spacial score (nSPS) is 14.0. The van der Waals surface area contributed by atoms with Crippen molar-refractivity contribution in [2.24, 2.45) is 0 Å². The molecular formula is C23H26N2O4. The Morgan fingerprint density at radius 1 is 0.931 bits per heavy atom. The first kappa shape index (κ1) is 20.6. The van der Waals surface area contributed by atoms with Gasteiger partial charge in [-0.1, -0.05) is 37.3 Å². The minimum Gasteiger partial charge on any atom is -0.494 e. The van der Waals surface area contributed by atoms with Crippen LogP contribution in [0.25, 0.3) is 5.57 Å². The van der Waals surface area contributed by atoms with Gasteiger partial charge in [-0.3, -0.25) is 14.5 Å². The van der Waals surface area contributed by atoms with Crippen LogP contribution in [0.2, 0.25) is 0 Å². The van der Waals surface area contributed by atoms with Crippen LogP contribution in [0.1, 0.15) is 18.9 Å². The van der Waals surface area contributed by atoms with Gasteiger partial charge in [0, 0.05) is 19.8 Å². The van der Waals surface area contributed by atoms with E-state index in [9.17, 15) is 9.59 Å². The van der Waals surface area contributed by atoms with Crippen molar-refractivity contribution in [2.75, 3.05) is 38.8 Å². The molecule has 0 bridgehead atoms. The standard InChI is InChI=1S/C23H26N2O4/c1-4-15-29-19-12-10-17(11-13-19)20-21(24(2)18-8-6-5-7-9-18)23(27)25(22(20)26)14-16-28-3/h5-13H,4,14-16H2,1-3H3. The second-order valence-corrected chi connectivity index (χ2v) is 6.75. The lowest BCUT2D eigenvalue weighted by Crippen LogP contribution is -2.36. The molecule has 0 unspecified atom stereocenters. The van der Waals surface area contributed by atoms with Gasteiger partial charge in [0.2, 0.25) is 0 Å². The Labute approximate surface area is 171 Å². The van der Waals surface area contributed by atoms with Crippen molar-refractivity contribution in [2.45, 2.75) is 13.3 Å². The summed E-state index contributed by atoms with van der Waals surface area (Å²) in [5.74, 6) is 0.106. The zero-order chi connectivity index (χ0) is 20.8. The molecule has 0 saturated carbocycles. The predicted octanol–water partition coefficient (Wildman–Crippen LogP) is 3.34. The van der Waals surface area contributed by atoms with Gasteiger partial charge in [0.25, 0.3) is 11.8 Å². The summed E-state index contributed by atoms with van der Waals surface area (Å²) in [6.07, 6.45) is 0.917. The molecule has 0 radical (unpaired) electrons. The number of rotatable bonds is 9. The van der Waals surface area contributed by atoms with Crippen LogP contribution in [0.3, 0.4) is 0 Å². The molecule has 1 aliphatic heterocycles. The number of hydrogen-bond acceptors (Lipinski definition) is 5. The maximum atomic E-state index is 13.2. The SMILES string of the molecule is CCCOc1ccc(C2=C(N(C)c3ccccc3)C(=O)N(CCOC)C2=O)cc1. The summed E-state index contributed by atoms with van der Waals surface area (Å²) in [4.78, 5) is 29.3. The van der Waals surface area contributed by atoms with Gasteiger partial charge < -0.3 is 14.4 Å². The molecule has 29 heavy (non-hydrogen) atoms. The van der Waals surface area contributed by atoms with Crippen molar-refractivity contribution >= 4 is 23.1 Å². The molecule has 152 valence electrons. The van der Waals surface area contributed by atoms with E-state index in [1.807, 2.05) is 61.5 Å². The molecule has 0 N–H and O–H groups in total. The van der Waals surface area contributed by atoms with Crippen LogP contribution < -0.4 is 9.64 Å². The molecule has 0 saturated heterocycles. The van der Waals surface area contributed by atoms with Gasteiger partial charge in [-0.15, -0.1) is 0 Å². The van der Waals surface area contributed by atoms with Crippen molar-refractivity contribution in [3.05, 3.63) is 65.9 Å². The van der Waals surface area contributed by atoms with E-state index in [0.717, 1.165) is 17.9 Å². The number of amides is 2. The number of para-hydroxylation sites is 1. The van der Waals surface area contributed by atoms with Crippen LogP contribution in [-0.4, -0.2) is 50.6 Å². The highest BCUT2D eigenvalue weighted by atomic mass is 16.5. The highest BCUT2D eigenvalue weighted by Crippen LogP contribution is 2.34. The second kappa shape index (κ2) is 9.39. The Morgan fingerprint density at radius 2 is 1.62 bits per heavy atom. The van der Waals surface area contributed by atoms with Crippen LogP contribution >= 0.6 is 0 Å². The van der Waals surface area contributed by atoms with Crippen LogP contribution in [0.5, 0.6) is 5.75 Å². The maximum absolute atomic E-state index is 13.2. The fourth-order valence-electron chi connectivity index (χ4n) is 3.24. The van der Waals surface area contributed by atoms with Gasteiger partial charge in [-0.05, 0) is 36.2 Å². The molecule has 0 atom stereocenters. The number of likely N-dealkylation sites (N-methyl/N-ethyl adjacent to an activating group) is 1. The minimum atomic E-state index is -0.320. The van der Waals surface area contributed by atoms with Gasteiger partial charge in [-0.25, -0.2) is 0 Å². The summed E-state index contributed by atoms with van der Waals surface area (Å²) in [6, 6.07) is 16.8. The van der Waals surface area contributed by atoms with Crippen LogP contribution in [-0.2, 0) is 14.3 Å². The first-order valence-electron chi connectivity index (χ1n) is 9.69. The molecule has 1 heterocycles. The molecule has 2 aromatic carbocycles. The van der Waals surface area contributed by atoms with Gasteiger partial charge >= 0.3 is 0 Å². The second-order valence-electron chi connectivity index (χ2n) is 6.75. The summed E-state index contributed by atoms with van der Waals surface area (Å²) in [6.45, 7) is 3.17. The lowest BCUT2D eigenvalue weighted by atomic mass is 10.0. The van der Waals surface area contributed by atoms with Gasteiger partial charge in [0.1, 0.15) is 11.4 Å². The van der Waals surface area contributed by atoms with Gasteiger partial charge in [-0.2, -0.15) is 0 Å². The summed E-state index contributed by atoms with van der Waals surface area (Å²) in [7, 11) is 3.35. The molecule has 0 aromatic heterocycles. The highest BCUT2D eigenvalue weighted by Gasteiger charge is 2.40. The van der Waals surface area contributed by atoms with E-state index < -0.39 is 0 Å². The number of nitrogens with zero attached hydrogens (tertiary/aromatic N) is 2. The lowest BCUT2D eigenvalue weighted by Gasteiger charge is -2.21. The van der Waals surface area contributed by atoms with E-state index in [0.29, 0.717) is 23.4 Å². The van der Waals surface area contributed by atoms with E-state index in [1.54, 1.807) is 19.1 Å². The Kier molecular flexibility index (Phi) is 6.67. The molecule has 3 rings (SSSR count). The Bertz CT molecular complexity index is 891. The number of carbonyl (C=O) groups excluding carboxylic acids is 2. The predicted molar refractivity (Wildman–Crippen MR) is 113 cm³/mol. The number of hydrogen-bond donors (Lipinski definition) is 0. The average molecular weight is 394 g/mol. The number of methoxy groups -OCH3 is 1. The Hall–Kier alpha value is -3.12. The number of anilines is 1. The van der Waals surface area contributed by atoms with Crippen LogP contribution in [0.15, 0.2) is 60.3 Å². The molecule has 0 spiro atoms. The van der Waals surface area contributed by atoms with Gasteiger partial charge in [0.05, 0.1) is 25.3 Å². The van der Waals surface area contributed by atoms with Crippen molar-refractivity contribution in [3.8, 4) is 5.75 Å². The molecule has 2 amide bonds. The molecular weight excluding hydrogens is 368 g/mol. The molecule has 0 fully saturated rings. The highest BCUT2D eigenvalue weighted by molar-refractivity contribution is 6.36. The summed E-state index contributed by atoms with van der Waals surface area (Å²) >= 11 is 0. The third kappa shape index (κ3) is 4.32. The van der Waals surface area contributed by atoms with E-state index in [4.69, 9.17) is 9.47 Å². The van der Waals surface area contributed by atoms with Crippen LogP contribution in [0.4, 0.5) is 5.69 Å². The number of benzene rings is 2. The van der Waals surface area contributed by atoms with Gasteiger partial charge in [0.15, 0.2) is 0 Å². The number of imide groups is 1. The molecule has 6 heteroatoms. The number of ether oxygens (including phenoxy) is 2. The summed E-state index contributed by atoms with van der Waals surface area (Å²) in [5.41, 5.74) is 2.27. The fourth-order valence-corrected chi connectivity index (χ4v) is 3.24. The summed E-state index contributed by atoms with van der Waals surface area (Å²) < 4.78 is 10.7. The fraction of sp³-hybridized carbons (Fsp3) is 0.304. The third-order valence-corrected chi connectivity index (χ3v) is 4.76. The number of carbonyl (C=O) groups is 2. The minimum absolute atomic E-state index is 0.210. The summed E-state index contributed by atoms with van der Waals surface area (Å²) in [5, 5.41) is 0. The molecule has 1 aliphatic rings. The van der Waals surface area contributed by atoms with E-state index in [-0.39, 0.29) is 25.0 Å². The third-order valence-electron chi connectivity index (χ3n) is 4.76. The molecule has 2 aromatic rings. The van der Waals surface area contributed by atoms with E-state index in [1.165, 1.54) is 4.90 Å². The monoisotopic (exact) mass is 394 g/mol. The average Bonchev–Trinajstić information content (AvgIpc) is 3.01. The lowest BCUT2D eigenvalue weighted by molar-refractivity contribution is -0.137. The first-order chi connectivity index (χ1) is 14.1. The first-order valence-corrected chi connectivity index (χ1v) is 9.69. The topological polar surface area (TPSA) is 59.1 Å².